The van der Waals surface area contributed by atoms with Gasteiger partial charge >= 0.3 is 6.09 Å². The van der Waals surface area contributed by atoms with Crippen LogP contribution in [0.3, 0.4) is 0 Å². The number of anilines is 1. The number of alkyl carbamates (subject to hydrolysis) is 1. The summed E-state index contributed by atoms with van der Waals surface area (Å²) < 4.78 is 5.47. The first kappa shape index (κ1) is 21.3. The normalized spacial score (nSPS) is 14.5. The zero-order valence-electron chi connectivity index (χ0n) is 17.1. The van der Waals surface area contributed by atoms with Crippen LogP contribution in [0.2, 0.25) is 0 Å². The van der Waals surface area contributed by atoms with Crippen molar-refractivity contribution in [1.29, 1.82) is 0 Å². The molecule has 7 nitrogen and oxygen atoms in total. The summed E-state index contributed by atoms with van der Waals surface area (Å²) in [5, 5.41) is 23.5. The van der Waals surface area contributed by atoms with Gasteiger partial charge in [-0.05, 0) is 35.6 Å². The van der Waals surface area contributed by atoms with Gasteiger partial charge in [0.1, 0.15) is 12.7 Å². The molecule has 1 aromatic heterocycles. The first-order chi connectivity index (χ1) is 15.0. The summed E-state index contributed by atoms with van der Waals surface area (Å²) in [6.07, 6.45) is -2.53. The summed E-state index contributed by atoms with van der Waals surface area (Å²) in [7, 11) is 0. The first-order valence-electron chi connectivity index (χ1n) is 10.1. The van der Waals surface area contributed by atoms with Crippen LogP contribution in [0.4, 0.5) is 9.93 Å². The van der Waals surface area contributed by atoms with E-state index in [9.17, 15) is 15.0 Å². The molecule has 0 fully saturated rings. The number of nitrogens with two attached hydrogens (primary N) is 1. The Balaban J connectivity index is 1.29. The van der Waals surface area contributed by atoms with Crippen LogP contribution in [0, 0.1) is 6.92 Å². The lowest BCUT2D eigenvalue weighted by atomic mass is 9.98. The van der Waals surface area contributed by atoms with E-state index < -0.39 is 18.3 Å². The summed E-state index contributed by atoms with van der Waals surface area (Å²) in [5.41, 5.74) is 10.9. The monoisotopic (exact) mass is 439 g/mol. The number of amides is 1. The number of nitrogens with zero attached hydrogens (tertiary/aromatic N) is 1. The van der Waals surface area contributed by atoms with Crippen LogP contribution >= 0.6 is 11.3 Å². The van der Waals surface area contributed by atoms with E-state index in [0.29, 0.717) is 15.7 Å². The molecule has 0 spiro atoms. The van der Waals surface area contributed by atoms with Crippen molar-refractivity contribution in [2.75, 3.05) is 18.9 Å². The molecule has 2 aromatic carbocycles. The Kier molecular flexibility index (Phi) is 6.22. The van der Waals surface area contributed by atoms with Gasteiger partial charge in [0.2, 0.25) is 0 Å². The van der Waals surface area contributed by atoms with Crippen molar-refractivity contribution < 1.29 is 19.7 Å². The summed E-state index contributed by atoms with van der Waals surface area (Å²) in [6, 6.07) is 16.3. The highest BCUT2D eigenvalue weighted by Crippen LogP contribution is 2.44. The molecule has 0 radical (unpaired) electrons. The Hall–Kier alpha value is -2.94. The van der Waals surface area contributed by atoms with E-state index in [0.717, 1.165) is 22.5 Å². The maximum absolute atomic E-state index is 12.2. The Bertz CT molecular complexity index is 1040. The van der Waals surface area contributed by atoms with Gasteiger partial charge in [0.15, 0.2) is 5.13 Å². The third-order valence-corrected chi connectivity index (χ3v) is 6.59. The molecular formula is C23H25N3O4S. The number of nitrogens with one attached hydrogen (secondary N) is 1. The van der Waals surface area contributed by atoms with E-state index in [2.05, 4.69) is 34.6 Å². The number of rotatable bonds is 7. The van der Waals surface area contributed by atoms with Crippen molar-refractivity contribution in [2.45, 2.75) is 31.5 Å². The zero-order chi connectivity index (χ0) is 22.0. The fourth-order valence-corrected chi connectivity index (χ4v) is 4.89. The molecule has 1 heterocycles. The number of aromatic nitrogens is 1. The number of carbonyl (C=O) groups excluding carboxylic acids is 1. The van der Waals surface area contributed by atoms with Crippen LogP contribution in [0.1, 0.15) is 40.1 Å². The highest BCUT2D eigenvalue weighted by atomic mass is 32.1. The molecule has 2 atom stereocenters. The van der Waals surface area contributed by atoms with Gasteiger partial charge in [-0.3, -0.25) is 0 Å². The van der Waals surface area contributed by atoms with Crippen molar-refractivity contribution in [1.82, 2.24) is 10.3 Å². The SMILES string of the molecule is Cc1nc(N)sc1C(O)C(O)CCNC(=O)OCC1c2ccccc2-c2ccccc21. The Labute approximate surface area is 184 Å². The summed E-state index contributed by atoms with van der Waals surface area (Å²) in [4.78, 5) is 16.8. The van der Waals surface area contributed by atoms with Crippen molar-refractivity contribution in [2.24, 2.45) is 0 Å². The molecule has 0 bridgehead atoms. The Morgan fingerprint density at radius 1 is 1.16 bits per heavy atom. The second-order valence-corrected chi connectivity index (χ2v) is 8.62. The number of aliphatic hydroxyl groups excluding tert-OH is 2. The Morgan fingerprint density at radius 3 is 2.35 bits per heavy atom. The average molecular weight is 440 g/mol. The number of aryl methyl sites for hydroxylation is 1. The molecule has 0 aliphatic heterocycles. The van der Waals surface area contributed by atoms with Gasteiger partial charge in [0, 0.05) is 12.5 Å². The van der Waals surface area contributed by atoms with E-state index in [1.807, 2.05) is 24.3 Å². The van der Waals surface area contributed by atoms with Gasteiger partial charge in [-0.25, -0.2) is 9.78 Å². The maximum atomic E-state index is 12.2. The third kappa shape index (κ3) is 4.41. The zero-order valence-corrected chi connectivity index (χ0v) is 17.9. The quantitative estimate of drug-likeness (QED) is 0.448. The lowest BCUT2D eigenvalue weighted by molar-refractivity contribution is 0.0153. The molecule has 1 amide bonds. The molecule has 31 heavy (non-hydrogen) atoms. The molecule has 162 valence electrons. The predicted octanol–water partition coefficient (Wildman–Crippen LogP) is 3.36. The molecule has 5 N–H and O–H groups in total. The number of hydrogen-bond donors (Lipinski definition) is 4. The lowest BCUT2D eigenvalue weighted by Gasteiger charge is -2.18. The minimum absolute atomic E-state index is 0.00896. The van der Waals surface area contributed by atoms with Crippen LogP contribution in [0.15, 0.2) is 48.5 Å². The van der Waals surface area contributed by atoms with Gasteiger partial charge in [-0.2, -0.15) is 0 Å². The van der Waals surface area contributed by atoms with Crippen molar-refractivity contribution in [3.8, 4) is 11.1 Å². The summed E-state index contributed by atoms with van der Waals surface area (Å²) >= 11 is 1.15. The largest absolute Gasteiger partial charge is 0.449 e. The van der Waals surface area contributed by atoms with Crippen LogP contribution < -0.4 is 11.1 Å². The number of ether oxygens (including phenoxy) is 1. The molecule has 0 saturated heterocycles. The van der Waals surface area contributed by atoms with Crippen molar-refractivity contribution in [3.05, 3.63) is 70.2 Å². The molecule has 4 rings (SSSR count). The van der Waals surface area contributed by atoms with Crippen LogP contribution in [0.5, 0.6) is 0 Å². The van der Waals surface area contributed by atoms with Gasteiger partial charge in [0.25, 0.3) is 0 Å². The number of nitrogen functional groups attached to an aromatic ring is 1. The van der Waals surface area contributed by atoms with Gasteiger partial charge < -0.3 is 26.0 Å². The average Bonchev–Trinajstić information content (AvgIpc) is 3.28. The van der Waals surface area contributed by atoms with E-state index >= 15 is 0 Å². The fraction of sp³-hybridized carbons (Fsp3) is 0.304. The number of carbonyl (C=O) groups is 1. The summed E-state index contributed by atoms with van der Waals surface area (Å²) in [6.45, 7) is 2.12. The number of thiazole rings is 1. The van der Waals surface area contributed by atoms with Gasteiger partial charge in [-0.15, -0.1) is 0 Å². The second kappa shape index (κ2) is 9.05. The van der Waals surface area contributed by atoms with Crippen LogP contribution in [-0.2, 0) is 4.74 Å². The minimum atomic E-state index is -1.10. The van der Waals surface area contributed by atoms with Gasteiger partial charge in [-0.1, -0.05) is 59.9 Å². The molecular weight excluding hydrogens is 414 g/mol. The van der Waals surface area contributed by atoms with E-state index in [1.54, 1.807) is 6.92 Å². The van der Waals surface area contributed by atoms with Crippen molar-refractivity contribution >= 4 is 22.6 Å². The molecule has 1 aliphatic rings. The van der Waals surface area contributed by atoms with Crippen LogP contribution in [-0.4, -0.2) is 40.5 Å². The number of hydrogen-bond acceptors (Lipinski definition) is 7. The lowest BCUT2D eigenvalue weighted by Crippen LogP contribution is -2.30. The standard InChI is InChI=1S/C23H25N3O4S/c1-13-21(31-22(24)26-13)20(28)19(27)10-11-25-23(29)30-12-18-16-8-4-2-6-14(16)15-7-3-5-9-17(15)18/h2-9,18-20,27-28H,10-12H2,1H3,(H2,24,26)(H,25,29). The number of aliphatic hydroxyl groups is 2. The Morgan fingerprint density at radius 2 is 1.77 bits per heavy atom. The predicted molar refractivity (Wildman–Crippen MR) is 120 cm³/mol. The van der Waals surface area contributed by atoms with E-state index in [4.69, 9.17) is 10.5 Å². The second-order valence-electron chi connectivity index (χ2n) is 7.55. The number of fused-ring (bicyclic) bond motifs is 3. The highest BCUT2D eigenvalue weighted by Gasteiger charge is 2.29. The van der Waals surface area contributed by atoms with Crippen LogP contribution in [0.25, 0.3) is 11.1 Å². The molecule has 3 aromatic rings. The molecule has 2 unspecified atom stereocenters. The van der Waals surface area contributed by atoms with E-state index in [1.165, 1.54) is 11.1 Å². The first-order valence-corrected chi connectivity index (χ1v) is 10.9. The summed E-state index contributed by atoms with van der Waals surface area (Å²) in [5.74, 6) is -0.00896. The smallest absolute Gasteiger partial charge is 0.407 e. The van der Waals surface area contributed by atoms with Gasteiger partial charge in [0.05, 0.1) is 16.7 Å². The maximum Gasteiger partial charge on any atom is 0.407 e. The topological polar surface area (TPSA) is 118 Å². The van der Waals surface area contributed by atoms with E-state index in [-0.39, 0.29) is 25.5 Å². The minimum Gasteiger partial charge on any atom is -0.449 e. The van der Waals surface area contributed by atoms with Crippen molar-refractivity contribution in [3.63, 3.8) is 0 Å². The fourth-order valence-electron chi connectivity index (χ4n) is 4.01. The molecule has 0 saturated carbocycles. The molecule has 1 aliphatic carbocycles. The highest BCUT2D eigenvalue weighted by molar-refractivity contribution is 7.15. The number of benzene rings is 2. The third-order valence-electron chi connectivity index (χ3n) is 5.54. The molecule has 8 heteroatoms.